The molecule has 0 amide bonds. The number of nitrogens with zero attached hydrogens (tertiary/aromatic N) is 2. The van der Waals surface area contributed by atoms with Crippen LogP contribution in [-0.2, 0) is 12.7 Å². The van der Waals surface area contributed by atoms with Crippen LogP contribution in [0.1, 0.15) is 18.4 Å². The fourth-order valence-corrected chi connectivity index (χ4v) is 1.56. The van der Waals surface area contributed by atoms with Crippen LogP contribution >= 0.6 is 0 Å². The van der Waals surface area contributed by atoms with Crippen molar-refractivity contribution in [3.05, 3.63) is 35.7 Å². The minimum Gasteiger partial charge on any atom is -0.406 e. The van der Waals surface area contributed by atoms with Crippen LogP contribution in [-0.4, -0.2) is 16.7 Å². The predicted molar refractivity (Wildman–Crippen MR) is 66.4 cm³/mol. The number of hydrogen-bond acceptors (Lipinski definition) is 5. The molecule has 0 saturated carbocycles. The molecule has 20 heavy (non-hydrogen) atoms. The highest BCUT2D eigenvalue weighted by atomic mass is 19.4. The highest BCUT2D eigenvalue weighted by Crippen LogP contribution is 2.35. The average Bonchev–Trinajstić information content (AvgIpc) is 2.83. The van der Waals surface area contributed by atoms with Crippen molar-refractivity contribution in [1.29, 1.82) is 0 Å². The van der Waals surface area contributed by atoms with Gasteiger partial charge in [0.2, 0.25) is 5.89 Å². The Kier molecular flexibility index (Phi) is 4.23. The SMILES string of the molecule is CCNCc1nnc(Nc2ccccc2C(F)(F)F)o1. The first kappa shape index (κ1) is 14.3. The monoisotopic (exact) mass is 286 g/mol. The smallest absolute Gasteiger partial charge is 0.406 e. The molecule has 1 heterocycles. The van der Waals surface area contributed by atoms with Crippen molar-refractivity contribution in [3.63, 3.8) is 0 Å². The fraction of sp³-hybridized carbons (Fsp3) is 0.333. The zero-order valence-corrected chi connectivity index (χ0v) is 10.7. The maximum atomic E-state index is 12.8. The Balaban J connectivity index is 2.16. The van der Waals surface area contributed by atoms with Gasteiger partial charge in [-0.25, -0.2) is 0 Å². The van der Waals surface area contributed by atoms with E-state index in [1.54, 1.807) is 0 Å². The van der Waals surface area contributed by atoms with Gasteiger partial charge in [0.05, 0.1) is 17.8 Å². The summed E-state index contributed by atoms with van der Waals surface area (Å²) in [5.74, 6) is 0.304. The molecule has 8 heteroatoms. The maximum absolute atomic E-state index is 12.8. The minimum absolute atomic E-state index is 0.0744. The van der Waals surface area contributed by atoms with Crippen molar-refractivity contribution in [1.82, 2.24) is 15.5 Å². The molecule has 0 atom stereocenters. The molecule has 1 aromatic heterocycles. The van der Waals surface area contributed by atoms with E-state index in [-0.39, 0.29) is 11.7 Å². The van der Waals surface area contributed by atoms with Crippen LogP contribution < -0.4 is 10.6 Å². The Hall–Kier alpha value is -2.09. The molecule has 2 aromatic rings. The first-order valence-corrected chi connectivity index (χ1v) is 5.97. The molecule has 1 aromatic carbocycles. The third kappa shape index (κ3) is 3.47. The summed E-state index contributed by atoms with van der Waals surface area (Å²) in [6.07, 6.45) is -4.45. The Morgan fingerprint density at radius 1 is 1.20 bits per heavy atom. The number of anilines is 2. The molecule has 0 unspecified atom stereocenters. The van der Waals surface area contributed by atoms with Gasteiger partial charge in [-0.3, -0.25) is 0 Å². The van der Waals surface area contributed by atoms with E-state index in [4.69, 9.17) is 4.42 Å². The Morgan fingerprint density at radius 2 is 1.95 bits per heavy atom. The molecule has 0 aliphatic rings. The zero-order chi connectivity index (χ0) is 14.6. The lowest BCUT2D eigenvalue weighted by molar-refractivity contribution is -0.136. The second-order valence-electron chi connectivity index (χ2n) is 3.95. The van der Waals surface area contributed by atoms with Crippen LogP contribution in [0.5, 0.6) is 0 Å². The van der Waals surface area contributed by atoms with E-state index in [9.17, 15) is 13.2 Å². The van der Waals surface area contributed by atoms with Crippen LogP contribution in [0.3, 0.4) is 0 Å². The molecule has 0 fully saturated rings. The summed E-state index contributed by atoms with van der Waals surface area (Å²) in [6, 6.07) is 5.02. The van der Waals surface area contributed by atoms with Crippen LogP contribution in [0.2, 0.25) is 0 Å². The second-order valence-corrected chi connectivity index (χ2v) is 3.95. The quantitative estimate of drug-likeness (QED) is 0.884. The van der Waals surface area contributed by atoms with Crippen molar-refractivity contribution in [2.24, 2.45) is 0 Å². The van der Waals surface area contributed by atoms with E-state index in [0.29, 0.717) is 12.4 Å². The first-order chi connectivity index (χ1) is 9.50. The summed E-state index contributed by atoms with van der Waals surface area (Å²) in [4.78, 5) is 0. The van der Waals surface area contributed by atoms with Crippen LogP contribution in [0, 0.1) is 0 Å². The van der Waals surface area contributed by atoms with Gasteiger partial charge in [-0.1, -0.05) is 24.2 Å². The number of para-hydroxylation sites is 1. The largest absolute Gasteiger partial charge is 0.418 e. The molecule has 0 spiro atoms. The summed E-state index contributed by atoms with van der Waals surface area (Å²) in [7, 11) is 0. The third-order valence-electron chi connectivity index (χ3n) is 2.47. The second kappa shape index (κ2) is 5.91. The number of benzene rings is 1. The molecule has 108 valence electrons. The normalized spacial score (nSPS) is 11.6. The van der Waals surface area contributed by atoms with E-state index >= 15 is 0 Å². The Morgan fingerprint density at radius 3 is 2.65 bits per heavy atom. The zero-order valence-electron chi connectivity index (χ0n) is 10.7. The summed E-state index contributed by atoms with van der Waals surface area (Å²) in [6.45, 7) is 3.00. The molecular weight excluding hydrogens is 273 g/mol. The Bertz CT molecular complexity index is 568. The van der Waals surface area contributed by atoms with E-state index in [1.165, 1.54) is 18.2 Å². The summed E-state index contributed by atoms with van der Waals surface area (Å²) in [5, 5.41) is 12.8. The number of halogens is 3. The highest BCUT2D eigenvalue weighted by Gasteiger charge is 2.33. The summed E-state index contributed by atoms with van der Waals surface area (Å²) >= 11 is 0. The molecule has 0 aliphatic heterocycles. The number of alkyl halides is 3. The van der Waals surface area contributed by atoms with E-state index < -0.39 is 11.7 Å². The highest BCUT2D eigenvalue weighted by molar-refractivity contribution is 5.58. The van der Waals surface area contributed by atoms with Gasteiger partial charge in [0.1, 0.15) is 0 Å². The lowest BCUT2D eigenvalue weighted by Gasteiger charge is -2.11. The topological polar surface area (TPSA) is 63.0 Å². The number of nitrogens with one attached hydrogen (secondary N) is 2. The minimum atomic E-state index is -4.45. The third-order valence-corrected chi connectivity index (χ3v) is 2.47. The molecule has 5 nitrogen and oxygen atoms in total. The lowest BCUT2D eigenvalue weighted by Crippen LogP contribution is -2.11. The number of rotatable bonds is 5. The van der Waals surface area contributed by atoms with Crippen LogP contribution in [0.25, 0.3) is 0 Å². The van der Waals surface area contributed by atoms with Crippen molar-refractivity contribution in [3.8, 4) is 0 Å². The summed E-state index contributed by atoms with van der Waals surface area (Å²) in [5.41, 5.74) is -0.912. The maximum Gasteiger partial charge on any atom is 0.418 e. The number of aromatic nitrogens is 2. The van der Waals surface area contributed by atoms with Gasteiger partial charge in [-0.05, 0) is 18.7 Å². The van der Waals surface area contributed by atoms with Crippen molar-refractivity contribution < 1.29 is 17.6 Å². The molecular formula is C12H13F3N4O. The van der Waals surface area contributed by atoms with Crippen molar-refractivity contribution in [2.75, 3.05) is 11.9 Å². The van der Waals surface area contributed by atoms with Crippen molar-refractivity contribution in [2.45, 2.75) is 19.6 Å². The van der Waals surface area contributed by atoms with E-state index in [2.05, 4.69) is 20.8 Å². The van der Waals surface area contributed by atoms with Gasteiger partial charge >= 0.3 is 12.2 Å². The van der Waals surface area contributed by atoms with Gasteiger partial charge in [-0.2, -0.15) is 13.2 Å². The van der Waals surface area contributed by atoms with Gasteiger partial charge in [-0.15, -0.1) is 5.10 Å². The standard InChI is InChI=1S/C12H13F3N4O/c1-2-16-7-10-18-19-11(20-10)17-9-6-4-3-5-8(9)12(13,14)15/h3-6,16H,2,7H2,1H3,(H,17,19). The fourth-order valence-electron chi connectivity index (χ4n) is 1.56. The van der Waals surface area contributed by atoms with Gasteiger partial charge in [0.15, 0.2) is 0 Å². The lowest BCUT2D eigenvalue weighted by atomic mass is 10.2. The Labute approximate surface area is 113 Å². The van der Waals surface area contributed by atoms with Crippen molar-refractivity contribution >= 4 is 11.7 Å². The van der Waals surface area contributed by atoms with Gasteiger partial charge in [0.25, 0.3) is 0 Å². The first-order valence-electron chi connectivity index (χ1n) is 5.97. The molecule has 0 saturated heterocycles. The molecule has 2 rings (SSSR count). The summed E-state index contributed by atoms with van der Waals surface area (Å²) < 4.78 is 43.6. The van der Waals surface area contributed by atoms with Gasteiger partial charge < -0.3 is 15.1 Å². The number of hydrogen-bond donors (Lipinski definition) is 2. The van der Waals surface area contributed by atoms with Crippen LogP contribution in [0.4, 0.5) is 24.9 Å². The molecule has 0 radical (unpaired) electrons. The van der Waals surface area contributed by atoms with E-state index in [0.717, 1.165) is 12.6 Å². The molecule has 0 bridgehead atoms. The molecule has 2 N–H and O–H groups in total. The van der Waals surface area contributed by atoms with Gasteiger partial charge in [0, 0.05) is 0 Å². The average molecular weight is 286 g/mol. The molecule has 0 aliphatic carbocycles. The van der Waals surface area contributed by atoms with Crippen LogP contribution in [0.15, 0.2) is 28.7 Å². The van der Waals surface area contributed by atoms with E-state index in [1.807, 2.05) is 6.92 Å². The predicted octanol–water partition coefficient (Wildman–Crippen LogP) is 2.94.